The molecule has 0 aliphatic carbocycles. The van der Waals surface area contributed by atoms with Gasteiger partial charge in [-0.15, -0.1) is 0 Å². The average molecular weight is 214 g/mol. The highest BCUT2D eigenvalue weighted by molar-refractivity contribution is 7.72. The molecule has 14 heavy (non-hydrogen) atoms. The van der Waals surface area contributed by atoms with E-state index in [1.807, 2.05) is 13.8 Å². The molecule has 0 aliphatic rings. The Labute approximate surface area is 85.7 Å². The van der Waals surface area contributed by atoms with Gasteiger partial charge in [0, 0.05) is 0 Å². The lowest BCUT2D eigenvalue weighted by Gasteiger charge is -2.11. The Bertz CT molecular complexity index is 346. The fraction of sp³-hybridized carbons (Fsp3) is 0.400. The van der Waals surface area contributed by atoms with Crippen LogP contribution in [0, 0.1) is 0 Å². The van der Waals surface area contributed by atoms with E-state index in [0.29, 0.717) is 10.6 Å². The third-order valence-electron chi connectivity index (χ3n) is 1.96. The van der Waals surface area contributed by atoms with Crippen molar-refractivity contribution >= 4 is 10.7 Å². The summed E-state index contributed by atoms with van der Waals surface area (Å²) < 4.78 is 26.7. The van der Waals surface area contributed by atoms with E-state index in [4.69, 9.17) is 4.74 Å². The molecular weight excluding hydrogens is 200 g/mol. The molecule has 0 spiro atoms. The van der Waals surface area contributed by atoms with Crippen LogP contribution in [0.4, 0.5) is 0 Å². The predicted molar refractivity (Wildman–Crippen MR) is 55.4 cm³/mol. The van der Waals surface area contributed by atoms with E-state index in [-0.39, 0.29) is 6.10 Å². The summed E-state index contributed by atoms with van der Waals surface area (Å²) in [5, 5.41) is 0. The van der Waals surface area contributed by atoms with Crippen molar-refractivity contribution in [1.82, 2.24) is 0 Å². The molecule has 0 aliphatic heterocycles. The van der Waals surface area contributed by atoms with Gasteiger partial charge in [0.15, 0.2) is 10.7 Å². The summed E-state index contributed by atoms with van der Waals surface area (Å²) >= 11 is 0. The topological polar surface area (TPSA) is 43.4 Å². The Morgan fingerprint density at radius 1 is 1.29 bits per heavy atom. The van der Waals surface area contributed by atoms with Crippen LogP contribution in [0.1, 0.15) is 20.3 Å². The van der Waals surface area contributed by atoms with E-state index in [2.05, 4.69) is 0 Å². The maximum absolute atomic E-state index is 10.6. The first kappa shape index (κ1) is 11.0. The summed E-state index contributed by atoms with van der Waals surface area (Å²) in [6, 6.07) is 6.44. The van der Waals surface area contributed by atoms with Crippen LogP contribution >= 0.6 is 0 Å². The molecule has 78 valence electrons. The van der Waals surface area contributed by atoms with Crippen molar-refractivity contribution in [2.24, 2.45) is 0 Å². The number of ether oxygens (including phenoxy) is 1. The van der Waals surface area contributed by atoms with Crippen molar-refractivity contribution in [3.8, 4) is 5.75 Å². The molecular formula is C10H14O3S. The first-order valence-corrected chi connectivity index (χ1v) is 5.72. The summed E-state index contributed by atoms with van der Waals surface area (Å²) in [5.74, 6) is 0.708. The van der Waals surface area contributed by atoms with Gasteiger partial charge < -0.3 is 4.74 Å². The van der Waals surface area contributed by atoms with Gasteiger partial charge in [0.2, 0.25) is 0 Å². The maximum Gasteiger partial charge on any atom is 0.168 e. The highest BCUT2D eigenvalue weighted by Gasteiger charge is 2.01. The van der Waals surface area contributed by atoms with Gasteiger partial charge in [0.1, 0.15) is 5.75 Å². The molecule has 0 saturated carbocycles. The summed E-state index contributed by atoms with van der Waals surface area (Å²) in [6.07, 6.45) is 1.08. The third-order valence-corrected chi connectivity index (χ3v) is 2.68. The van der Waals surface area contributed by atoms with Crippen LogP contribution in [0.3, 0.4) is 0 Å². The van der Waals surface area contributed by atoms with Gasteiger partial charge in [-0.25, -0.2) is 8.42 Å². The second-order valence-electron chi connectivity index (χ2n) is 3.09. The van der Waals surface area contributed by atoms with Gasteiger partial charge in [0.25, 0.3) is 0 Å². The van der Waals surface area contributed by atoms with Gasteiger partial charge >= 0.3 is 0 Å². The molecule has 0 amide bonds. The highest BCUT2D eigenvalue weighted by atomic mass is 32.2. The van der Waals surface area contributed by atoms with Crippen molar-refractivity contribution in [3.05, 3.63) is 24.3 Å². The number of hydrogen-bond donors (Lipinski definition) is 1. The van der Waals surface area contributed by atoms with Gasteiger partial charge in [-0.2, -0.15) is 0 Å². The Morgan fingerprint density at radius 3 is 2.29 bits per heavy atom. The molecule has 3 nitrogen and oxygen atoms in total. The fourth-order valence-corrected chi connectivity index (χ4v) is 1.35. The van der Waals surface area contributed by atoms with E-state index in [1.54, 1.807) is 24.3 Å². The minimum atomic E-state index is -2.49. The lowest BCUT2D eigenvalue weighted by Crippen LogP contribution is -2.09. The minimum absolute atomic E-state index is 0.155. The summed E-state index contributed by atoms with van der Waals surface area (Å²) in [5.41, 5.74) is 0. The van der Waals surface area contributed by atoms with Crippen LogP contribution < -0.4 is 4.74 Å². The molecule has 0 radical (unpaired) electrons. The van der Waals surface area contributed by atoms with Crippen molar-refractivity contribution in [2.45, 2.75) is 31.3 Å². The summed E-state index contributed by atoms with van der Waals surface area (Å²) in [4.78, 5) is 0.316. The monoisotopic (exact) mass is 214 g/mol. The van der Waals surface area contributed by atoms with Crippen LogP contribution in [0.2, 0.25) is 0 Å². The molecule has 4 heteroatoms. The molecule has 0 fully saturated rings. The van der Waals surface area contributed by atoms with Gasteiger partial charge in [-0.3, -0.25) is 0 Å². The van der Waals surface area contributed by atoms with E-state index in [0.717, 1.165) is 6.42 Å². The zero-order valence-electron chi connectivity index (χ0n) is 8.27. The zero-order valence-corrected chi connectivity index (χ0v) is 9.16. The smallest absolute Gasteiger partial charge is 0.168 e. The highest BCUT2D eigenvalue weighted by Crippen LogP contribution is 2.15. The lowest BCUT2D eigenvalue weighted by molar-refractivity contribution is 0.217. The van der Waals surface area contributed by atoms with E-state index < -0.39 is 10.7 Å². The molecule has 0 N–H and O–H groups in total. The lowest BCUT2D eigenvalue weighted by atomic mass is 10.3. The van der Waals surface area contributed by atoms with Crippen molar-refractivity contribution < 1.29 is 13.2 Å². The summed E-state index contributed by atoms with van der Waals surface area (Å²) in [7, 11) is -2.49. The molecule has 1 atom stereocenters. The number of thiol groups is 1. The molecule has 0 aromatic heterocycles. The quantitative estimate of drug-likeness (QED) is 0.778. The molecule has 1 rings (SSSR count). The third kappa shape index (κ3) is 3.03. The SMILES string of the molecule is CCC(C)Oc1ccc([SH](=O)=O)cc1. The molecule has 0 heterocycles. The van der Waals surface area contributed by atoms with Crippen molar-refractivity contribution in [2.75, 3.05) is 0 Å². The van der Waals surface area contributed by atoms with Gasteiger partial charge in [-0.1, -0.05) is 6.92 Å². The molecule has 0 bridgehead atoms. The average Bonchev–Trinajstić information content (AvgIpc) is 2.18. The molecule has 0 saturated heterocycles. The van der Waals surface area contributed by atoms with Crippen LogP contribution in [0.5, 0.6) is 5.75 Å². The number of rotatable bonds is 4. The van der Waals surface area contributed by atoms with E-state index >= 15 is 0 Å². The number of hydrogen-bond acceptors (Lipinski definition) is 3. The van der Waals surface area contributed by atoms with Crippen LogP contribution in [0.25, 0.3) is 0 Å². The van der Waals surface area contributed by atoms with Gasteiger partial charge in [0.05, 0.1) is 11.0 Å². The van der Waals surface area contributed by atoms with Crippen LogP contribution in [-0.2, 0) is 10.7 Å². The van der Waals surface area contributed by atoms with E-state index in [9.17, 15) is 8.42 Å². The predicted octanol–water partition coefficient (Wildman–Crippen LogP) is 1.83. The Morgan fingerprint density at radius 2 is 1.86 bits per heavy atom. The Hall–Kier alpha value is -1.03. The molecule has 1 aromatic carbocycles. The maximum atomic E-state index is 10.6. The Kier molecular flexibility index (Phi) is 3.95. The molecule has 1 unspecified atom stereocenters. The van der Waals surface area contributed by atoms with Crippen molar-refractivity contribution in [1.29, 1.82) is 0 Å². The van der Waals surface area contributed by atoms with Crippen LogP contribution in [0.15, 0.2) is 29.2 Å². The molecule has 1 aromatic rings. The standard InChI is InChI=1S/C10H14O3S/c1-3-8(2)13-9-4-6-10(7-5-9)14(11)12/h4-8,14H,3H2,1-2H3. The normalized spacial score (nSPS) is 12.8. The van der Waals surface area contributed by atoms with Crippen molar-refractivity contribution in [3.63, 3.8) is 0 Å². The number of benzene rings is 1. The first-order valence-electron chi connectivity index (χ1n) is 4.54. The second kappa shape index (κ2) is 5.00. The first-order chi connectivity index (χ1) is 6.63. The largest absolute Gasteiger partial charge is 0.491 e. The summed E-state index contributed by atoms with van der Waals surface area (Å²) in [6.45, 7) is 4.01. The van der Waals surface area contributed by atoms with Crippen LogP contribution in [-0.4, -0.2) is 14.5 Å². The zero-order chi connectivity index (χ0) is 10.6. The van der Waals surface area contributed by atoms with Gasteiger partial charge in [-0.05, 0) is 37.6 Å². The fourth-order valence-electron chi connectivity index (χ4n) is 0.962. The minimum Gasteiger partial charge on any atom is -0.491 e. The second-order valence-corrected chi connectivity index (χ2v) is 4.12. The Balaban J connectivity index is 2.73. The van der Waals surface area contributed by atoms with E-state index in [1.165, 1.54) is 0 Å².